The molecule has 1 aliphatic heterocycles. The summed E-state index contributed by atoms with van der Waals surface area (Å²) in [6.45, 7) is 1.41. The summed E-state index contributed by atoms with van der Waals surface area (Å²) in [7, 11) is 0. The van der Waals surface area contributed by atoms with Gasteiger partial charge in [0, 0.05) is 25.2 Å². The van der Waals surface area contributed by atoms with Gasteiger partial charge in [0.15, 0.2) is 0 Å². The number of anilines is 1. The SMILES string of the molecule is O=[N+]([O-])c1c(F)cc(F)cc1NN1CCCCC1. The summed E-state index contributed by atoms with van der Waals surface area (Å²) >= 11 is 0. The Morgan fingerprint density at radius 2 is 1.89 bits per heavy atom. The Labute approximate surface area is 103 Å². The lowest BCUT2D eigenvalue weighted by Gasteiger charge is -2.27. The molecule has 98 valence electrons. The topological polar surface area (TPSA) is 58.4 Å². The summed E-state index contributed by atoms with van der Waals surface area (Å²) in [5.74, 6) is -2.00. The van der Waals surface area contributed by atoms with Crippen molar-refractivity contribution in [2.45, 2.75) is 19.3 Å². The van der Waals surface area contributed by atoms with Gasteiger partial charge in [0.2, 0.25) is 5.82 Å². The van der Waals surface area contributed by atoms with Crippen LogP contribution in [0.2, 0.25) is 0 Å². The van der Waals surface area contributed by atoms with Crippen molar-refractivity contribution < 1.29 is 13.7 Å². The van der Waals surface area contributed by atoms with Crippen LogP contribution < -0.4 is 5.43 Å². The number of hydrazine groups is 1. The first-order valence-electron chi connectivity index (χ1n) is 5.73. The minimum atomic E-state index is -1.17. The molecule has 1 aliphatic rings. The zero-order valence-electron chi connectivity index (χ0n) is 9.66. The molecule has 0 bridgehead atoms. The smallest absolute Gasteiger partial charge is 0.313 e. The van der Waals surface area contributed by atoms with Crippen LogP contribution in [0.25, 0.3) is 0 Å². The Morgan fingerprint density at radius 1 is 1.22 bits per heavy atom. The van der Waals surface area contributed by atoms with Crippen LogP contribution in [-0.2, 0) is 0 Å². The van der Waals surface area contributed by atoms with Crippen molar-refractivity contribution in [2.24, 2.45) is 0 Å². The molecule has 1 N–H and O–H groups in total. The number of nitrogens with zero attached hydrogens (tertiary/aromatic N) is 2. The molecule has 1 aromatic carbocycles. The zero-order valence-corrected chi connectivity index (χ0v) is 9.66. The molecule has 18 heavy (non-hydrogen) atoms. The number of piperidine rings is 1. The molecular formula is C11H13F2N3O2. The number of hydrogen-bond donors (Lipinski definition) is 1. The van der Waals surface area contributed by atoms with E-state index in [1.807, 2.05) is 0 Å². The monoisotopic (exact) mass is 257 g/mol. The number of nitrogens with one attached hydrogen (secondary N) is 1. The fraction of sp³-hybridized carbons (Fsp3) is 0.455. The van der Waals surface area contributed by atoms with Gasteiger partial charge < -0.3 is 5.43 Å². The second-order valence-corrected chi connectivity index (χ2v) is 4.20. The highest BCUT2D eigenvalue weighted by Crippen LogP contribution is 2.29. The van der Waals surface area contributed by atoms with Gasteiger partial charge in [0.1, 0.15) is 11.5 Å². The van der Waals surface area contributed by atoms with Crippen LogP contribution in [0.15, 0.2) is 12.1 Å². The lowest BCUT2D eigenvalue weighted by Crippen LogP contribution is -2.35. The third-order valence-electron chi connectivity index (χ3n) is 2.85. The first-order valence-corrected chi connectivity index (χ1v) is 5.73. The van der Waals surface area contributed by atoms with Crippen LogP contribution >= 0.6 is 0 Å². The summed E-state index contributed by atoms with van der Waals surface area (Å²) in [5, 5.41) is 12.5. The Kier molecular flexibility index (Phi) is 3.71. The standard InChI is InChI=1S/C11H13F2N3O2/c12-8-6-9(13)11(16(17)18)10(7-8)14-15-4-2-1-3-5-15/h6-7,14H,1-5H2. The minimum Gasteiger partial charge on any atom is -0.313 e. The highest BCUT2D eigenvalue weighted by Gasteiger charge is 2.23. The molecule has 5 nitrogen and oxygen atoms in total. The number of benzene rings is 1. The molecular weight excluding hydrogens is 244 g/mol. The van der Waals surface area contributed by atoms with Gasteiger partial charge in [-0.05, 0) is 12.8 Å². The van der Waals surface area contributed by atoms with Crippen molar-refractivity contribution in [3.63, 3.8) is 0 Å². The van der Waals surface area contributed by atoms with Crippen molar-refractivity contribution >= 4 is 11.4 Å². The van der Waals surface area contributed by atoms with Crippen molar-refractivity contribution in [3.05, 3.63) is 33.9 Å². The maximum absolute atomic E-state index is 13.4. The average Bonchev–Trinajstić information content (AvgIpc) is 2.28. The summed E-state index contributed by atoms with van der Waals surface area (Å²) in [5.41, 5.74) is 1.86. The minimum absolute atomic E-state index is 0.139. The fourth-order valence-corrected chi connectivity index (χ4v) is 2.01. The summed E-state index contributed by atoms with van der Waals surface area (Å²) in [6.07, 6.45) is 3.01. The maximum Gasteiger partial charge on any atom is 0.329 e. The maximum atomic E-state index is 13.4. The van der Waals surface area contributed by atoms with E-state index in [2.05, 4.69) is 5.43 Å². The third kappa shape index (κ3) is 2.73. The van der Waals surface area contributed by atoms with Gasteiger partial charge in [0.25, 0.3) is 0 Å². The van der Waals surface area contributed by atoms with Gasteiger partial charge in [-0.3, -0.25) is 10.1 Å². The quantitative estimate of drug-likeness (QED) is 0.668. The van der Waals surface area contributed by atoms with Crippen LogP contribution in [0.4, 0.5) is 20.2 Å². The second-order valence-electron chi connectivity index (χ2n) is 4.20. The van der Waals surface area contributed by atoms with Crippen molar-refractivity contribution in [1.29, 1.82) is 0 Å². The molecule has 0 radical (unpaired) electrons. The van der Waals surface area contributed by atoms with Crippen LogP contribution in [0, 0.1) is 21.7 Å². The van der Waals surface area contributed by atoms with Gasteiger partial charge >= 0.3 is 5.69 Å². The highest BCUT2D eigenvalue weighted by molar-refractivity contribution is 5.61. The third-order valence-corrected chi connectivity index (χ3v) is 2.85. The predicted octanol–water partition coefficient (Wildman–Crippen LogP) is 2.69. The van der Waals surface area contributed by atoms with E-state index in [4.69, 9.17) is 0 Å². The Balaban J connectivity index is 2.27. The van der Waals surface area contributed by atoms with Crippen LogP contribution in [0.1, 0.15) is 19.3 Å². The second kappa shape index (κ2) is 5.26. The first kappa shape index (κ1) is 12.7. The Morgan fingerprint density at radius 3 is 2.50 bits per heavy atom. The number of nitro benzene ring substituents is 1. The number of nitro groups is 1. The van der Waals surface area contributed by atoms with E-state index in [0.29, 0.717) is 19.2 Å². The van der Waals surface area contributed by atoms with E-state index in [0.717, 1.165) is 25.3 Å². The van der Waals surface area contributed by atoms with Gasteiger partial charge in [0.05, 0.1) is 4.92 Å². The molecule has 7 heteroatoms. The van der Waals surface area contributed by atoms with Crippen LogP contribution in [-0.4, -0.2) is 23.0 Å². The molecule has 0 spiro atoms. The summed E-state index contributed by atoms with van der Waals surface area (Å²) in [4.78, 5) is 9.93. The van der Waals surface area contributed by atoms with Gasteiger partial charge in [-0.1, -0.05) is 6.42 Å². The van der Waals surface area contributed by atoms with Crippen molar-refractivity contribution in [1.82, 2.24) is 5.01 Å². The predicted molar refractivity (Wildman–Crippen MR) is 62.1 cm³/mol. The number of halogens is 2. The van der Waals surface area contributed by atoms with E-state index in [1.54, 1.807) is 5.01 Å². The summed E-state index contributed by atoms with van der Waals surface area (Å²) < 4.78 is 26.5. The fourth-order valence-electron chi connectivity index (χ4n) is 2.01. The molecule has 2 rings (SSSR count). The molecule has 0 unspecified atom stereocenters. The van der Waals surface area contributed by atoms with Crippen LogP contribution in [0.3, 0.4) is 0 Å². The molecule has 0 aromatic heterocycles. The van der Waals surface area contributed by atoms with E-state index >= 15 is 0 Å². The lowest BCUT2D eigenvalue weighted by molar-refractivity contribution is -0.386. The molecule has 0 atom stereocenters. The number of hydrogen-bond acceptors (Lipinski definition) is 4. The van der Waals surface area contributed by atoms with Crippen LogP contribution in [0.5, 0.6) is 0 Å². The van der Waals surface area contributed by atoms with Gasteiger partial charge in [-0.15, -0.1) is 0 Å². The average molecular weight is 257 g/mol. The Hall–Kier alpha value is -1.76. The van der Waals surface area contributed by atoms with Gasteiger partial charge in [-0.25, -0.2) is 9.40 Å². The molecule has 0 aliphatic carbocycles. The van der Waals surface area contributed by atoms with E-state index in [-0.39, 0.29) is 5.69 Å². The van der Waals surface area contributed by atoms with E-state index in [9.17, 15) is 18.9 Å². The highest BCUT2D eigenvalue weighted by atomic mass is 19.1. The van der Waals surface area contributed by atoms with Gasteiger partial charge in [-0.2, -0.15) is 4.39 Å². The zero-order chi connectivity index (χ0) is 13.1. The van der Waals surface area contributed by atoms with Crippen molar-refractivity contribution in [3.8, 4) is 0 Å². The first-order chi connectivity index (χ1) is 8.58. The molecule has 1 saturated heterocycles. The molecule has 1 heterocycles. The van der Waals surface area contributed by atoms with Crippen molar-refractivity contribution in [2.75, 3.05) is 18.5 Å². The molecule has 0 amide bonds. The summed E-state index contributed by atoms with van der Waals surface area (Å²) in [6, 6.07) is 1.45. The molecule has 1 fully saturated rings. The lowest BCUT2D eigenvalue weighted by atomic mass is 10.2. The van der Waals surface area contributed by atoms with E-state index < -0.39 is 22.2 Å². The molecule has 1 aromatic rings. The molecule has 0 saturated carbocycles. The Bertz CT molecular complexity index is 462. The largest absolute Gasteiger partial charge is 0.329 e. The number of rotatable bonds is 3. The normalized spacial score (nSPS) is 16.6. The van der Waals surface area contributed by atoms with E-state index in [1.165, 1.54) is 0 Å².